The van der Waals surface area contributed by atoms with Crippen molar-refractivity contribution >= 4 is 27.6 Å². The number of carbonyl (C=O) groups is 1. The first-order chi connectivity index (χ1) is 9.08. The van der Waals surface area contributed by atoms with Crippen molar-refractivity contribution in [3.63, 3.8) is 0 Å². The summed E-state index contributed by atoms with van der Waals surface area (Å²) in [7, 11) is 2.00. The van der Waals surface area contributed by atoms with Crippen molar-refractivity contribution in [2.75, 3.05) is 25.1 Å². The fourth-order valence-electron chi connectivity index (χ4n) is 2.28. The summed E-state index contributed by atoms with van der Waals surface area (Å²) < 4.78 is 6.32. The molecule has 1 fully saturated rings. The Kier molecular flexibility index (Phi) is 4.82. The van der Waals surface area contributed by atoms with Gasteiger partial charge in [0.2, 0.25) is 0 Å². The molecule has 104 valence electrons. The van der Waals surface area contributed by atoms with Crippen LogP contribution in [0.15, 0.2) is 22.7 Å². The smallest absolute Gasteiger partial charge is 0.336 e. The fraction of sp³-hybridized carbons (Fsp3) is 0.500. The minimum absolute atomic E-state index is 0.275. The molecule has 0 aromatic heterocycles. The van der Waals surface area contributed by atoms with Crippen LogP contribution < -0.4 is 4.90 Å². The normalized spacial score (nSPS) is 19.2. The lowest BCUT2D eigenvalue weighted by Crippen LogP contribution is -2.33. The third-order valence-electron chi connectivity index (χ3n) is 3.38. The Bertz CT molecular complexity index is 458. The first kappa shape index (κ1) is 14.3. The molecule has 1 atom stereocenters. The molecule has 1 aromatic rings. The number of ether oxygens (including phenoxy) is 1. The molecule has 1 unspecified atom stereocenters. The molecule has 0 aliphatic carbocycles. The zero-order valence-electron chi connectivity index (χ0n) is 10.9. The van der Waals surface area contributed by atoms with Gasteiger partial charge in [-0.05, 0) is 53.4 Å². The maximum absolute atomic E-state index is 11.0. The maximum atomic E-state index is 11.0. The van der Waals surface area contributed by atoms with Gasteiger partial charge in [0.25, 0.3) is 0 Å². The number of carboxylic acid groups (broad SMARTS) is 1. The Morgan fingerprint density at radius 2 is 2.32 bits per heavy atom. The number of likely N-dealkylation sites (N-methyl/N-ethyl adjacent to an activating group) is 1. The minimum Gasteiger partial charge on any atom is -0.478 e. The van der Waals surface area contributed by atoms with E-state index in [-0.39, 0.29) is 11.7 Å². The van der Waals surface area contributed by atoms with E-state index in [0.29, 0.717) is 4.47 Å². The Labute approximate surface area is 121 Å². The van der Waals surface area contributed by atoms with E-state index in [9.17, 15) is 4.79 Å². The summed E-state index contributed by atoms with van der Waals surface area (Å²) in [6.07, 6.45) is 3.74. The van der Waals surface area contributed by atoms with Gasteiger partial charge in [0.1, 0.15) is 0 Å². The van der Waals surface area contributed by atoms with Gasteiger partial charge >= 0.3 is 5.97 Å². The van der Waals surface area contributed by atoms with E-state index in [2.05, 4.69) is 20.8 Å². The second-order valence-electron chi connectivity index (χ2n) is 4.84. The number of rotatable bonds is 4. The second kappa shape index (κ2) is 6.39. The largest absolute Gasteiger partial charge is 0.478 e. The van der Waals surface area contributed by atoms with Crippen molar-refractivity contribution in [2.24, 2.45) is 0 Å². The van der Waals surface area contributed by atoms with Crippen LogP contribution in [-0.4, -0.2) is 37.4 Å². The van der Waals surface area contributed by atoms with E-state index >= 15 is 0 Å². The van der Waals surface area contributed by atoms with Gasteiger partial charge in [-0.2, -0.15) is 0 Å². The van der Waals surface area contributed by atoms with Crippen molar-refractivity contribution in [2.45, 2.75) is 25.4 Å². The van der Waals surface area contributed by atoms with Gasteiger partial charge < -0.3 is 14.7 Å². The number of anilines is 1. The highest BCUT2D eigenvalue weighted by Crippen LogP contribution is 2.24. The Morgan fingerprint density at radius 3 is 2.89 bits per heavy atom. The lowest BCUT2D eigenvalue weighted by atomic mass is 10.1. The van der Waals surface area contributed by atoms with E-state index in [4.69, 9.17) is 9.84 Å². The monoisotopic (exact) mass is 327 g/mol. The topological polar surface area (TPSA) is 49.8 Å². The first-order valence-corrected chi connectivity index (χ1v) is 7.23. The summed E-state index contributed by atoms with van der Waals surface area (Å²) in [4.78, 5) is 13.1. The van der Waals surface area contributed by atoms with Crippen LogP contribution in [0.3, 0.4) is 0 Å². The lowest BCUT2D eigenvalue weighted by Gasteiger charge is -2.28. The molecule has 4 nitrogen and oxygen atoms in total. The maximum Gasteiger partial charge on any atom is 0.336 e. The van der Waals surface area contributed by atoms with Crippen LogP contribution in [0.2, 0.25) is 0 Å². The van der Waals surface area contributed by atoms with Gasteiger partial charge in [-0.15, -0.1) is 0 Å². The molecule has 2 rings (SSSR count). The van der Waals surface area contributed by atoms with E-state index in [0.717, 1.165) is 31.7 Å². The van der Waals surface area contributed by atoms with Gasteiger partial charge in [-0.3, -0.25) is 0 Å². The van der Waals surface area contributed by atoms with Gasteiger partial charge in [0.05, 0.1) is 11.7 Å². The molecule has 1 aromatic carbocycles. The molecular weight excluding hydrogens is 310 g/mol. The quantitative estimate of drug-likeness (QED) is 0.922. The van der Waals surface area contributed by atoms with Gasteiger partial charge in [-0.1, -0.05) is 0 Å². The van der Waals surface area contributed by atoms with Gasteiger partial charge in [0.15, 0.2) is 0 Å². The Morgan fingerprint density at radius 1 is 1.53 bits per heavy atom. The predicted molar refractivity (Wildman–Crippen MR) is 78.0 cm³/mol. The summed E-state index contributed by atoms with van der Waals surface area (Å²) in [6.45, 7) is 1.68. The van der Waals surface area contributed by atoms with Crippen molar-refractivity contribution in [1.82, 2.24) is 0 Å². The van der Waals surface area contributed by atoms with E-state index in [1.54, 1.807) is 6.07 Å². The van der Waals surface area contributed by atoms with Crippen LogP contribution >= 0.6 is 15.9 Å². The van der Waals surface area contributed by atoms with Crippen LogP contribution in [0.4, 0.5) is 5.69 Å². The van der Waals surface area contributed by atoms with Gasteiger partial charge in [0, 0.05) is 30.4 Å². The molecule has 5 heteroatoms. The van der Waals surface area contributed by atoms with Crippen LogP contribution in [0, 0.1) is 0 Å². The Balaban J connectivity index is 2.04. The number of nitrogens with zero attached hydrogens (tertiary/aromatic N) is 1. The third kappa shape index (κ3) is 3.70. The molecule has 0 amide bonds. The molecule has 1 N–H and O–H groups in total. The number of carboxylic acids is 1. The highest BCUT2D eigenvalue weighted by Gasteiger charge is 2.17. The van der Waals surface area contributed by atoms with E-state index in [1.165, 1.54) is 6.42 Å². The van der Waals surface area contributed by atoms with Crippen molar-refractivity contribution in [3.8, 4) is 0 Å². The highest BCUT2D eigenvalue weighted by molar-refractivity contribution is 9.10. The van der Waals surface area contributed by atoms with Crippen LogP contribution in [0.25, 0.3) is 0 Å². The summed E-state index contributed by atoms with van der Waals surface area (Å²) in [5, 5.41) is 8.99. The standard InChI is InChI=1S/C14H18BrNO3/c1-16(9-11-4-2-3-7-19-11)10-5-6-12(14(17)18)13(15)8-10/h5-6,8,11H,2-4,7,9H2,1H3,(H,17,18). The summed E-state index contributed by atoms with van der Waals surface area (Å²) in [6, 6.07) is 5.29. The van der Waals surface area contributed by atoms with Crippen molar-refractivity contribution in [1.29, 1.82) is 0 Å². The third-order valence-corrected chi connectivity index (χ3v) is 4.03. The molecule has 0 spiro atoms. The zero-order chi connectivity index (χ0) is 13.8. The number of benzene rings is 1. The lowest BCUT2D eigenvalue weighted by molar-refractivity contribution is 0.0216. The summed E-state index contributed by atoms with van der Waals surface area (Å²) in [5.74, 6) is -0.920. The first-order valence-electron chi connectivity index (χ1n) is 6.43. The van der Waals surface area contributed by atoms with Crippen molar-refractivity contribution in [3.05, 3.63) is 28.2 Å². The molecule has 0 saturated carbocycles. The molecular formula is C14H18BrNO3. The summed E-state index contributed by atoms with van der Waals surface area (Å²) >= 11 is 3.30. The molecule has 0 bridgehead atoms. The number of hydrogen-bond donors (Lipinski definition) is 1. The average Bonchev–Trinajstić information content (AvgIpc) is 2.39. The fourth-order valence-corrected chi connectivity index (χ4v) is 2.81. The highest BCUT2D eigenvalue weighted by atomic mass is 79.9. The second-order valence-corrected chi connectivity index (χ2v) is 5.69. The average molecular weight is 328 g/mol. The van der Waals surface area contributed by atoms with E-state index in [1.807, 2.05) is 19.2 Å². The van der Waals surface area contributed by atoms with Gasteiger partial charge in [-0.25, -0.2) is 4.79 Å². The number of halogens is 1. The number of aromatic carboxylic acids is 1. The molecule has 19 heavy (non-hydrogen) atoms. The predicted octanol–water partition coefficient (Wildman–Crippen LogP) is 3.15. The van der Waals surface area contributed by atoms with Crippen molar-refractivity contribution < 1.29 is 14.6 Å². The van der Waals surface area contributed by atoms with Crippen LogP contribution in [0.5, 0.6) is 0 Å². The molecule has 1 heterocycles. The van der Waals surface area contributed by atoms with Crippen LogP contribution in [-0.2, 0) is 4.74 Å². The number of hydrogen-bond acceptors (Lipinski definition) is 3. The molecule has 1 saturated heterocycles. The van der Waals surface area contributed by atoms with Crippen LogP contribution in [0.1, 0.15) is 29.6 Å². The molecule has 0 radical (unpaired) electrons. The Hall–Kier alpha value is -1.07. The molecule has 1 aliphatic heterocycles. The zero-order valence-corrected chi connectivity index (χ0v) is 12.5. The van der Waals surface area contributed by atoms with E-state index < -0.39 is 5.97 Å². The SMILES string of the molecule is CN(CC1CCCCO1)c1ccc(C(=O)O)c(Br)c1. The summed E-state index contributed by atoms with van der Waals surface area (Å²) in [5.41, 5.74) is 1.28. The minimum atomic E-state index is -0.920. The molecule has 1 aliphatic rings.